The monoisotopic (exact) mass is 379 g/mol. The first kappa shape index (κ1) is 19.7. The molecule has 0 aromatic heterocycles. The van der Waals surface area contributed by atoms with E-state index in [1.165, 1.54) is 38.1 Å². The number of halogens is 2. The molecule has 1 N–H and O–H groups in total. The third-order valence-electron chi connectivity index (χ3n) is 3.53. The molecule has 0 unspecified atom stereocenters. The lowest BCUT2D eigenvalue weighted by Gasteiger charge is -2.18. The first-order valence-electron chi connectivity index (χ1n) is 8.00. The maximum Gasteiger partial charge on any atom is 0.347 e. The van der Waals surface area contributed by atoms with Crippen LogP contribution < -0.4 is 10.1 Å². The van der Waals surface area contributed by atoms with Crippen LogP contribution in [-0.4, -0.2) is 24.1 Å². The molecule has 2 aromatic carbocycles. The zero-order chi connectivity index (χ0) is 19.1. The summed E-state index contributed by atoms with van der Waals surface area (Å²) >= 11 is 6.02. The van der Waals surface area contributed by atoms with E-state index in [0.29, 0.717) is 10.8 Å². The van der Waals surface area contributed by atoms with E-state index in [2.05, 4.69) is 5.32 Å². The molecular weight excluding hydrogens is 361 g/mol. The van der Waals surface area contributed by atoms with Gasteiger partial charge < -0.3 is 14.8 Å². The van der Waals surface area contributed by atoms with E-state index in [0.717, 1.165) is 5.56 Å². The average molecular weight is 380 g/mol. The molecule has 5 nitrogen and oxygen atoms in total. The summed E-state index contributed by atoms with van der Waals surface area (Å²) in [5.41, 5.74) is 0.758. The van der Waals surface area contributed by atoms with Crippen LogP contribution in [-0.2, 0) is 20.9 Å². The Bertz CT molecular complexity index is 766. The van der Waals surface area contributed by atoms with Gasteiger partial charge in [-0.05, 0) is 49.7 Å². The van der Waals surface area contributed by atoms with E-state index in [1.807, 2.05) is 6.07 Å². The molecule has 0 radical (unpaired) electrons. The van der Waals surface area contributed by atoms with Crippen molar-refractivity contribution in [2.45, 2.75) is 32.6 Å². The van der Waals surface area contributed by atoms with Gasteiger partial charge in [0.2, 0.25) is 0 Å². The van der Waals surface area contributed by atoms with Crippen LogP contribution in [0.2, 0.25) is 5.02 Å². The second kappa shape index (κ2) is 9.20. The number of esters is 1. The van der Waals surface area contributed by atoms with E-state index in [9.17, 15) is 14.0 Å². The Balaban J connectivity index is 1.82. The zero-order valence-corrected chi connectivity index (χ0v) is 15.1. The highest BCUT2D eigenvalue weighted by Crippen LogP contribution is 2.15. The Kier molecular flexibility index (Phi) is 6.97. The number of rotatable bonds is 7. The number of nitrogens with one attached hydrogen (secondary N) is 1. The van der Waals surface area contributed by atoms with Gasteiger partial charge in [-0.1, -0.05) is 29.8 Å². The predicted octanol–water partition coefficient (Wildman–Crippen LogP) is 3.49. The van der Waals surface area contributed by atoms with Crippen LogP contribution in [0.3, 0.4) is 0 Å². The topological polar surface area (TPSA) is 64.6 Å². The van der Waals surface area contributed by atoms with Crippen LogP contribution in [0.5, 0.6) is 5.75 Å². The summed E-state index contributed by atoms with van der Waals surface area (Å²) in [5, 5.41) is 3.20. The molecular formula is C19H19ClFNO4. The van der Waals surface area contributed by atoms with Gasteiger partial charge in [-0.3, -0.25) is 4.79 Å². The molecule has 1 amide bonds. The summed E-state index contributed by atoms with van der Waals surface area (Å²) < 4.78 is 23.3. The molecule has 0 aliphatic rings. The number of benzene rings is 2. The Morgan fingerprint density at radius 3 is 2.38 bits per heavy atom. The van der Waals surface area contributed by atoms with E-state index >= 15 is 0 Å². The fourth-order valence-corrected chi connectivity index (χ4v) is 2.26. The molecule has 0 saturated carbocycles. The Hall–Kier alpha value is -2.60. The van der Waals surface area contributed by atoms with Crippen LogP contribution in [0, 0.1) is 5.82 Å². The molecule has 0 heterocycles. The first-order valence-corrected chi connectivity index (χ1v) is 8.38. The lowest BCUT2D eigenvalue weighted by atomic mass is 10.2. The lowest BCUT2D eigenvalue weighted by molar-refractivity contribution is -0.160. The molecule has 2 atom stereocenters. The molecule has 0 aliphatic heterocycles. The van der Waals surface area contributed by atoms with Gasteiger partial charge in [0.1, 0.15) is 11.6 Å². The van der Waals surface area contributed by atoms with Crippen molar-refractivity contribution in [3.8, 4) is 5.75 Å². The van der Waals surface area contributed by atoms with Gasteiger partial charge in [-0.2, -0.15) is 0 Å². The maximum absolute atomic E-state index is 12.9. The Morgan fingerprint density at radius 1 is 1.08 bits per heavy atom. The van der Waals surface area contributed by atoms with E-state index in [4.69, 9.17) is 21.1 Å². The fraction of sp³-hybridized carbons (Fsp3) is 0.263. The molecule has 2 rings (SSSR count). The highest BCUT2D eigenvalue weighted by molar-refractivity contribution is 6.31. The molecule has 0 fully saturated rings. The van der Waals surface area contributed by atoms with Crippen LogP contribution in [0.4, 0.5) is 4.39 Å². The predicted molar refractivity (Wildman–Crippen MR) is 95.3 cm³/mol. The lowest BCUT2D eigenvalue weighted by Crippen LogP contribution is -2.38. The standard InChI is InChI=1S/C19H19ClFNO4/c1-12(18(23)22-11-14-5-3-4-6-17(14)20)26-19(24)13(2)25-16-9-7-15(21)8-10-16/h3-10,12-13H,11H2,1-2H3,(H,22,23)/t12-,13-/m1/s1. The van der Waals surface area contributed by atoms with Crippen LogP contribution in [0.15, 0.2) is 48.5 Å². The highest BCUT2D eigenvalue weighted by Gasteiger charge is 2.23. The number of hydrogen-bond acceptors (Lipinski definition) is 4. The van der Waals surface area contributed by atoms with Gasteiger partial charge in [0, 0.05) is 11.6 Å². The van der Waals surface area contributed by atoms with Gasteiger partial charge in [-0.15, -0.1) is 0 Å². The normalized spacial score (nSPS) is 12.8. The largest absolute Gasteiger partial charge is 0.479 e. The van der Waals surface area contributed by atoms with Crippen molar-refractivity contribution in [2.75, 3.05) is 0 Å². The van der Waals surface area contributed by atoms with Crippen molar-refractivity contribution in [3.05, 3.63) is 64.9 Å². The van der Waals surface area contributed by atoms with Crippen molar-refractivity contribution in [1.29, 1.82) is 0 Å². The van der Waals surface area contributed by atoms with Crippen molar-refractivity contribution < 1.29 is 23.5 Å². The summed E-state index contributed by atoms with van der Waals surface area (Å²) in [6.45, 7) is 3.17. The quantitative estimate of drug-likeness (QED) is 0.748. The molecule has 0 spiro atoms. The van der Waals surface area contributed by atoms with Gasteiger partial charge >= 0.3 is 5.97 Å². The van der Waals surface area contributed by atoms with Gasteiger partial charge in [0.15, 0.2) is 12.2 Å². The SMILES string of the molecule is C[C@@H](OC(=O)[C@@H](C)Oc1ccc(F)cc1)C(=O)NCc1ccccc1Cl. The van der Waals surface area contributed by atoms with E-state index in [1.54, 1.807) is 18.2 Å². The third kappa shape index (κ3) is 5.74. The molecule has 0 aliphatic carbocycles. The highest BCUT2D eigenvalue weighted by atomic mass is 35.5. The summed E-state index contributed by atoms with van der Waals surface area (Å²) in [6, 6.07) is 12.4. The van der Waals surface area contributed by atoms with Crippen LogP contribution in [0.1, 0.15) is 19.4 Å². The second-order valence-electron chi connectivity index (χ2n) is 5.60. The third-order valence-corrected chi connectivity index (χ3v) is 3.90. The summed E-state index contributed by atoms with van der Waals surface area (Å²) in [7, 11) is 0. The summed E-state index contributed by atoms with van der Waals surface area (Å²) in [6.07, 6.45) is -1.94. The maximum atomic E-state index is 12.9. The minimum absolute atomic E-state index is 0.224. The van der Waals surface area contributed by atoms with E-state index < -0.39 is 29.9 Å². The summed E-state index contributed by atoms with van der Waals surface area (Å²) in [4.78, 5) is 24.1. The summed E-state index contributed by atoms with van der Waals surface area (Å²) in [5.74, 6) is -1.23. The first-order chi connectivity index (χ1) is 12.4. The number of ether oxygens (including phenoxy) is 2. The van der Waals surface area contributed by atoms with Crippen LogP contribution >= 0.6 is 11.6 Å². The molecule has 0 bridgehead atoms. The van der Waals surface area contributed by atoms with Crippen molar-refractivity contribution in [1.82, 2.24) is 5.32 Å². The molecule has 7 heteroatoms. The van der Waals surface area contributed by atoms with Gasteiger partial charge in [-0.25, -0.2) is 9.18 Å². The van der Waals surface area contributed by atoms with Crippen LogP contribution in [0.25, 0.3) is 0 Å². The number of hydrogen-bond donors (Lipinski definition) is 1. The second-order valence-corrected chi connectivity index (χ2v) is 6.01. The molecule has 0 saturated heterocycles. The van der Waals surface area contributed by atoms with Crippen molar-refractivity contribution >= 4 is 23.5 Å². The minimum Gasteiger partial charge on any atom is -0.479 e. The Labute approximate surface area is 156 Å². The van der Waals surface area contributed by atoms with Gasteiger partial charge in [0.05, 0.1) is 0 Å². The van der Waals surface area contributed by atoms with Crippen molar-refractivity contribution in [2.24, 2.45) is 0 Å². The smallest absolute Gasteiger partial charge is 0.347 e. The number of carbonyl (C=O) groups is 2. The van der Waals surface area contributed by atoms with E-state index in [-0.39, 0.29) is 6.54 Å². The van der Waals surface area contributed by atoms with Crippen molar-refractivity contribution in [3.63, 3.8) is 0 Å². The minimum atomic E-state index is -0.996. The molecule has 26 heavy (non-hydrogen) atoms. The number of amides is 1. The fourth-order valence-electron chi connectivity index (χ4n) is 2.06. The van der Waals surface area contributed by atoms with Gasteiger partial charge in [0.25, 0.3) is 5.91 Å². The zero-order valence-electron chi connectivity index (χ0n) is 14.4. The Morgan fingerprint density at radius 2 is 1.73 bits per heavy atom. The average Bonchev–Trinajstić information content (AvgIpc) is 2.62. The molecule has 2 aromatic rings. The number of carbonyl (C=O) groups excluding carboxylic acids is 2. The molecule has 138 valence electrons.